The predicted octanol–water partition coefficient (Wildman–Crippen LogP) is 0.846. The van der Waals surface area contributed by atoms with Crippen molar-refractivity contribution in [3.63, 3.8) is 0 Å². The SMILES string of the molecule is CN1CCN(C(=O)OC(C)(C)C)CC1C(N)=O.CN1CCN(C(=O)OC(C)(C)C)CC1C(N)=S. The van der Waals surface area contributed by atoms with Gasteiger partial charge >= 0.3 is 12.2 Å². The topological polar surface area (TPSA) is 135 Å². The molecule has 2 atom stereocenters. The highest BCUT2D eigenvalue weighted by atomic mass is 32.1. The highest BCUT2D eigenvalue weighted by Gasteiger charge is 2.33. The lowest BCUT2D eigenvalue weighted by Crippen LogP contribution is -2.58. The zero-order chi connectivity index (χ0) is 26.4. The normalized spacial score (nSPS) is 22.4. The molecule has 2 heterocycles. The van der Waals surface area contributed by atoms with Crippen LogP contribution in [-0.2, 0) is 14.3 Å². The maximum absolute atomic E-state index is 11.9. The van der Waals surface area contributed by atoms with Gasteiger partial charge in [0, 0.05) is 39.3 Å². The number of hydrogen-bond acceptors (Lipinski definition) is 8. The molecule has 34 heavy (non-hydrogen) atoms. The Morgan fingerprint density at radius 1 is 0.735 bits per heavy atom. The lowest BCUT2D eigenvalue weighted by atomic mass is 10.1. The lowest BCUT2D eigenvalue weighted by molar-refractivity contribution is -0.124. The first kappa shape index (κ1) is 29.9. The fraction of sp³-hybridized carbons (Fsp3) is 0.818. The molecule has 0 aromatic rings. The van der Waals surface area contributed by atoms with Crippen LogP contribution in [0.2, 0.25) is 0 Å². The monoisotopic (exact) mass is 502 g/mol. The van der Waals surface area contributed by atoms with Gasteiger partial charge in [-0.1, -0.05) is 12.2 Å². The van der Waals surface area contributed by atoms with E-state index in [2.05, 4.69) is 4.90 Å². The molecule has 2 rings (SSSR count). The summed E-state index contributed by atoms with van der Waals surface area (Å²) in [5.41, 5.74) is 9.95. The molecule has 2 aliphatic heterocycles. The van der Waals surface area contributed by atoms with Crippen molar-refractivity contribution < 1.29 is 23.9 Å². The van der Waals surface area contributed by atoms with Crippen molar-refractivity contribution in [2.75, 3.05) is 53.4 Å². The van der Waals surface area contributed by atoms with Gasteiger partial charge in [0.05, 0.1) is 11.0 Å². The number of hydrogen-bond donors (Lipinski definition) is 2. The standard InChI is InChI=1S/C11H21N3O3.C11H21N3O2S/c1-11(2,3)17-10(16)14-6-5-13(4)8(7-14)9(12)15;1-11(2,3)16-10(15)14-6-5-13(4)8(7-14)9(12)17/h8H,5-7H2,1-4H3,(H2,12,15);8H,5-7H2,1-4H3,(H2,12,17). The third-order valence-corrected chi connectivity index (χ3v) is 5.53. The number of thiocarbonyl (C=S) groups is 1. The van der Waals surface area contributed by atoms with Crippen molar-refractivity contribution in [2.45, 2.75) is 64.8 Å². The summed E-state index contributed by atoms with van der Waals surface area (Å²) in [4.78, 5) is 42.4. The van der Waals surface area contributed by atoms with Crippen molar-refractivity contribution in [2.24, 2.45) is 11.5 Å². The van der Waals surface area contributed by atoms with Crippen LogP contribution < -0.4 is 11.5 Å². The van der Waals surface area contributed by atoms with E-state index in [1.54, 1.807) is 4.90 Å². The number of nitrogens with two attached hydrogens (primary N) is 2. The van der Waals surface area contributed by atoms with Crippen LogP contribution in [0.1, 0.15) is 41.5 Å². The summed E-state index contributed by atoms with van der Waals surface area (Å²) in [5, 5.41) is 0. The van der Waals surface area contributed by atoms with Gasteiger partial charge in [0.1, 0.15) is 17.2 Å². The molecule has 196 valence electrons. The molecule has 0 bridgehead atoms. The van der Waals surface area contributed by atoms with E-state index in [0.717, 1.165) is 6.54 Å². The molecule has 2 saturated heterocycles. The summed E-state index contributed by atoms with van der Waals surface area (Å²) < 4.78 is 10.6. The van der Waals surface area contributed by atoms with Crippen molar-refractivity contribution in [3.8, 4) is 0 Å². The lowest BCUT2D eigenvalue weighted by Gasteiger charge is -2.39. The predicted molar refractivity (Wildman–Crippen MR) is 134 cm³/mol. The van der Waals surface area contributed by atoms with E-state index in [0.29, 0.717) is 37.7 Å². The summed E-state index contributed by atoms with van der Waals surface area (Å²) in [6.45, 7) is 14.4. The third-order valence-electron chi connectivity index (χ3n) is 5.26. The molecule has 0 radical (unpaired) electrons. The molecule has 0 aliphatic carbocycles. The first-order valence-corrected chi connectivity index (χ1v) is 11.8. The third kappa shape index (κ3) is 9.98. The average Bonchev–Trinajstić information content (AvgIpc) is 2.66. The Hall–Kier alpha value is -2.18. The quantitative estimate of drug-likeness (QED) is 0.527. The molecule has 4 N–H and O–H groups in total. The summed E-state index contributed by atoms with van der Waals surface area (Å²) >= 11 is 5.00. The average molecular weight is 503 g/mol. The number of rotatable bonds is 2. The summed E-state index contributed by atoms with van der Waals surface area (Å²) in [5.74, 6) is -0.416. The molecule has 0 aromatic carbocycles. The first-order chi connectivity index (χ1) is 15.4. The molecule has 2 aliphatic rings. The van der Waals surface area contributed by atoms with Crippen LogP contribution in [0.15, 0.2) is 0 Å². The second-order valence-electron chi connectivity index (χ2n) is 10.7. The Balaban J connectivity index is 0.000000340. The highest BCUT2D eigenvalue weighted by molar-refractivity contribution is 7.80. The molecule has 12 heteroatoms. The summed E-state index contributed by atoms with van der Waals surface area (Å²) in [6.07, 6.45) is -0.691. The fourth-order valence-corrected chi connectivity index (χ4v) is 3.60. The number of likely N-dealkylation sites (N-methyl/N-ethyl adjacent to an activating group) is 2. The molecule has 3 amide bonds. The molecule has 0 saturated carbocycles. The van der Waals surface area contributed by atoms with Crippen LogP contribution in [0.4, 0.5) is 9.59 Å². The van der Waals surface area contributed by atoms with Gasteiger partial charge in [-0.05, 0) is 55.6 Å². The minimum Gasteiger partial charge on any atom is -0.444 e. The molecule has 0 aromatic heterocycles. The van der Waals surface area contributed by atoms with Gasteiger partial charge in [0.2, 0.25) is 5.91 Å². The minimum atomic E-state index is -0.525. The number of amides is 3. The number of carbonyl (C=O) groups excluding carboxylic acids is 3. The van der Waals surface area contributed by atoms with Crippen LogP contribution in [0.25, 0.3) is 0 Å². The van der Waals surface area contributed by atoms with Crippen LogP contribution in [0.3, 0.4) is 0 Å². The molecular formula is C22H42N6O5S. The molecule has 0 spiro atoms. The largest absolute Gasteiger partial charge is 0.444 e. The van der Waals surface area contributed by atoms with E-state index in [1.165, 1.54) is 4.90 Å². The molecule has 2 unspecified atom stereocenters. The molecule has 11 nitrogen and oxygen atoms in total. The van der Waals surface area contributed by atoms with E-state index in [1.807, 2.05) is 60.5 Å². The van der Waals surface area contributed by atoms with Crippen LogP contribution >= 0.6 is 12.2 Å². The molecule has 2 fully saturated rings. The van der Waals surface area contributed by atoms with Gasteiger partial charge in [-0.2, -0.15) is 0 Å². The molecular weight excluding hydrogens is 460 g/mol. The Labute approximate surface area is 208 Å². The number of nitrogens with zero attached hydrogens (tertiary/aromatic N) is 4. The van der Waals surface area contributed by atoms with Gasteiger partial charge in [-0.3, -0.25) is 14.6 Å². The van der Waals surface area contributed by atoms with Gasteiger partial charge < -0.3 is 30.7 Å². The van der Waals surface area contributed by atoms with Gasteiger partial charge in [0.25, 0.3) is 0 Å². The van der Waals surface area contributed by atoms with Crippen molar-refractivity contribution >= 4 is 35.3 Å². The van der Waals surface area contributed by atoms with Gasteiger partial charge in [-0.25, -0.2) is 9.59 Å². The Kier molecular flexibility index (Phi) is 10.5. The van der Waals surface area contributed by atoms with Gasteiger partial charge in [0.15, 0.2) is 0 Å². The number of piperazine rings is 2. The highest BCUT2D eigenvalue weighted by Crippen LogP contribution is 2.15. The van der Waals surface area contributed by atoms with E-state index in [9.17, 15) is 14.4 Å². The fourth-order valence-electron chi connectivity index (χ4n) is 3.35. The Bertz CT molecular complexity index is 689. The zero-order valence-corrected chi connectivity index (χ0v) is 22.6. The number of carbonyl (C=O) groups is 3. The second-order valence-corrected chi connectivity index (χ2v) is 11.1. The van der Waals surface area contributed by atoms with E-state index in [-0.39, 0.29) is 12.1 Å². The summed E-state index contributed by atoms with van der Waals surface area (Å²) in [7, 11) is 3.78. The van der Waals surface area contributed by atoms with E-state index < -0.39 is 29.2 Å². The Morgan fingerprint density at radius 2 is 1.09 bits per heavy atom. The van der Waals surface area contributed by atoms with Crippen molar-refractivity contribution in [1.29, 1.82) is 0 Å². The second kappa shape index (κ2) is 12.0. The minimum absolute atomic E-state index is 0.0636. The van der Waals surface area contributed by atoms with Crippen LogP contribution in [0, 0.1) is 0 Å². The van der Waals surface area contributed by atoms with Crippen LogP contribution in [0.5, 0.6) is 0 Å². The summed E-state index contributed by atoms with van der Waals surface area (Å²) in [6, 6.07) is -0.498. The van der Waals surface area contributed by atoms with Crippen molar-refractivity contribution in [3.05, 3.63) is 0 Å². The number of ether oxygens (including phenoxy) is 2. The van der Waals surface area contributed by atoms with E-state index in [4.69, 9.17) is 33.2 Å². The van der Waals surface area contributed by atoms with Gasteiger partial charge in [-0.15, -0.1) is 0 Å². The smallest absolute Gasteiger partial charge is 0.410 e. The van der Waals surface area contributed by atoms with Crippen LogP contribution in [-0.4, -0.2) is 119 Å². The first-order valence-electron chi connectivity index (χ1n) is 11.4. The maximum atomic E-state index is 11.9. The van der Waals surface area contributed by atoms with Crippen molar-refractivity contribution in [1.82, 2.24) is 19.6 Å². The van der Waals surface area contributed by atoms with E-state index >= 15 is 0 Å². The maximum Gasteiger partial charge on any atom is 0.410 e. The number of primary amides is 1. The zero-order valence-electron chi connectivity index (χ0n) is 21.8. The Morgan fingerprint density at radius 3 is 1.41 bits per heavy atom.